The molecule has 112 valence electrons. The van der Waals surface area contributed by atoms with Crippen molar-refractivity contribution >= 4 is 17.7 Å². The maximum absolute atomic E-state index is 12.0. The van der Waals surface area contributed by atoms with Gasteiger partial charge >= 0.3 is 6.09 Å². The number of nitrogens with one attached hydrogen (secondary N) is 2. The first-order valence-electron chi connectivity index (χ1n) is 7.08. The molecule has 2 aromatic rings. The van der Waals surface area contributed by atoms with Gasteiger partial charge in [0.15, 0.2) is 0 Å². The topological polar surface area (TPSA) is 67.4 Å². The molecule has 0 unspecified atom stereocenters. The van der Waals surface area contributed by atoms with Gasteiger partial charge < -0.3 is 15.4 Å². The Morgan fingerprint density at radius 3 is 2.68 bits per heavy atom. The van der Waals surface area contributed by atoms with Crippen molar-refractivity contribution in [2.24, 2.45) is 0 Å². The number of para-hydroxylation sites is 1. The van der Waals surface area contributed by atoms with E-state index in [1.165, 1.54) is 0 Å². The molecule has 3 rings (SSSR count). The predicted molar refractivity (Wildman–Crippen MR) is 82.3 cm³/mol. The van der Waals surface area contributed by atoms with Crippen molar-refractivity contribution in [3.8, 4) is 0 Å². The van der Waals surface area contributed by atoms with Crippen LogP contribution in [0.4, 0.5) is 10.5 Å². The summed E-state index contributed by atoms with van der Waals surface area (Å²) in [7, 11) is 0. The van der Waals surface area contributed by atoms with Crippen LogP contribution in [0.3, 0.4) is 0 Å². The van der Waals surface area contributed by atoms with E-state index >= 15 is 0 Å². The summed E-state index contributed by atoms with van der Waals surface area (Å²) >= 11 is 0. The Bertz CT molecular complexity index is 685. The fourth-order valence-electron chi connectivity index (χ4n) is 2.38. The van der Waals surface area contributed by atoms with Gasteiger partial charge in [-0.25, -0.2) is 4.79 Å². The summed E-state index contributed by atoms with van der Waals surface area (Å²) < 4.78 is 5.14. The number of anilines is 1. The smallest absolute Gasteiger partial charge is 0.408 e. The van der Waals surface area contributed by atoms with Gasteiger partial charge in [-0.05, 0) is 17.2 Å². The molecule has 1 aliphatic heterocycles. The van der Waals surface area contributed by atoms with Crippen molar-refractivity contribution in [2.75, 3.05) is 5.32 Å². The Morgan fingerprint density at radius 1 is 1.14 bits per heavy atom. The molecule has 22 heavy (non-hydrogen) atoms. The summed E-state index contributed by atoms with van der Waals surface area (Å²) in [6, 6.07) is 16.3. The maximum Gasteiger partial charge on any atom is 0.408 e. The third-order valence-electron chi connectivity index (χ3n) is 3.52. The third-order valence-corrected chi connectivity index (χ3v) is 3.52. The average Bonchev–Trinajstić information content (AvgIpc) is 2.55. The molecule has 0 fully saturated rings. The van der Waals surface area contributed by atoms with Crippen LogP contribution in [-0.2, 0) is 22.6 Å². The van der Waals surface area contributed by atoms with Crippen molar-refractivity contribution in [1.29, 1.82) is 0 Å². The fraction of sp³-hybridized carbons (Fsp3) is 0.176. The van der Waals surface area contributed by atoms with Crippen LogP contribution in [-0.4, -0.2) is 18.0 Å². The van der Waals surface area contributed by atoms with Gasteiger partial charge in [-0.3, -0.25) is 4.79 Å². The lowest BCUT2D eigenvalue weighted by Gasteiger charge is -2.24. The summed E-state index contributed by atoms with van der Waals surface area (Å²) in [6.45, 7) is 0.178. The first-order valence-corrected chi connectivity index (χ1v) is 7.08. The Morgan fingerprint density at radius 2 is 1.86 bits per heavy atom. The molecule has 1 atom stereocenters. The minimum Gasteiger partial charge on any atom is -0.445 e. The van der Waals surface area contributed by atoms with Crippen LogP contribution in [0.5, 0.6) is 0 Å². The van der Waals surface area contributed by atoms with Gasteiger partial charge in [-0.1, -0.05) is 48.5 Å². The van der Waals surface area contributed by atoms with Crippen LogP contribution in [0, 0.1) is 0 Å². The van der Waals surface area contributed by atoms with E-state index in [1.54, 1.807) is 0 Å². The predicted octanol–water partition coefficient (Wildman–Crippen LogP) is 2.48. The Labute approximate surface area is 128 Å². The highest BCUT2D eigenvalue weighted by molar-refractivity contribution is 5.99. The minimum absolute atomic E-state index is 0.178. The summed E-state index contributed by atoms with van der Waals surface area (Å²) in [6.07, 6.45) is -0.133. The first kappa shape index (κ1) is 14.1. The molecule has 2 N–H and O–H groups in total. The Hall–Kier alpha value is -2.82. The van der Waals surface area contributed by atoms with E-state index in [0.717, 1.165) is 16.8 Å². The number of ether oxygens (including phenoxy) is 1. The van der Waals surface area contributed by atoms with E-state index < -0.39 is 12.1 Å². The monoisotopic (exact) mass is 296 g/mol. The van der Waals surface area contributed by atoms with E-state index in [4.69, 9.17) is 4.74 Å². The molecular formula is C17H16N2O3. The third kappa shape index (κ3) is 3.25. The van der Waals surface area contributed by atoms with Gasteiger partial charge in [0.05, 0.1) is 0 Å². The second-order valence-corrected chi connectivity index (χ2v) is 5.11. The van der Waals surface area contributed by atoms with Gasteiger partial charge in [-0.2, -0.15) is 0 Å². The van der Waals surface area contributed by atoms with Crippen molar-refractivity contribution < 1.29 is 14.3 Å². The van der Waals surface area contributed by atoms with E-state index in [2.05, 4.69) is 10.6 Å². The normalized spacial score (nSPS) is 16.4. The lowest BCUT2D eigenvalue weighted by Crippen LogP contribution is -2.47. The molecule has 0 radical (unpaired) electrons. The lowest BCUT2D eigenvalue weighted by atomic mass is 9.99. The highest BCUT2D eigenvalue weighted by Gasteiger charge is 2.27. The molecule has 0 spiro atoms. The molecule has 0 bridgehead atoms. The highest BCUT2D eigenvalue weighted by atomic mass is 16.5. The van der Waals surface area contributed by atoms with Gasteiger partial charge in [0, 0.05) is 12.1 Å². The number of hydrogen-bond donors (Lipinski definition) is 2. The van der Waals surface area contributed by atoms with Gasteiger partial charge in [0.2, 0.25) is 5.91 Å². The number of fused-ring (bicyclic) bond motifs is 1. The molecule has 0 saturated heterocycles. The fourth-order valence-corrected chi connectivity index (χ4v) is 2.38. The molecule has 2 aromatic carbocycles. The molecule has 0 aliphatic carbocycles. The first-order chi connectivity index (χ1) is 10.7. The van der Waals surface area contributed by atoms with Crippen LogP contribution in [0.2, 0.25) is 0 Å². The molecule has 2 amide bonds. The van der Waals surface area contributed by atoms with Crippen LogP contribution in [0.15, 0.2) is 54.6 Å². The van der Waals surface area contributed by atoms with Gasteiger partial charge in [0.25, 0.3) is 0 Å². The number of amides is 2. The molecule has 0 saturated carbocycles. The largest absolute Gasteiger partial charge is 0.445 e. The maximum atomic E-state index is 12.0. The number of benzene rings is 2. The quantitative estimate of drug-likeness (QED) is 0.914. The average molecular weight is 296 g/mol. The van der Waals surface area contributed by atoms with Crippen LogP contribution >= 0.6 is 0 Å². The van der Waals surface area contributed by atoms with Crippen molar-refractivity contribution in [3.05, 3.63) is 65.7 Å². The Kier molecular flexibility index (Phi) is 4.05. The second-order valence-electron chi connectivity index (χ2n) is 5.11. The van der Waals surface area contributed by atoms with Crippen LogP contribution in [0.25, 0.3) is 0 Å². The van der Waals surface area contributed by atoms with Crippen molar-refractivity contribution in [3.63, 3.8) is 0 Å². The zero-order chi connectivity index (χ0) is 15.4. The van der Waals surface area contributed by atoms with E-state index in [-0.39, 0.29) is 12.5 Å². The number of carbonyl (C=O) groups excluding carboxylic acids is 2. The zero-order valence-corrected chi connectivity index (χ0v) is 11.9. The van der Waals surface area contributed by atoms with E-state index in [0.29, 0.717) is 6.42 Å². The molecule has 5 nitrogen and oxygen atoms in total. The Balaban J connectivity index is 1.57. The van der Waals surface area contributed by atoms with Gasteiger partial charge in [-0.15, -0.1) is 0 Å². The second kappa shape index (κ2) is 6.30. The van der Waals surface area contributed by atoms with Crippen LogP contribution in [0.1, 0.15) is 11.1 Å². The number of rotatable bonds is 3. The number of hydrogen-bond acceptors (Lipinski definition) is 3. The summed E-state index contributed by atoms with van der Waals surface area (Å²) in [5.74, 6) is -0.227. The van der Waals surface area contributed by atoms with Crippen molar-refractivity contribution in [1.82, 2.24) is 5.32 Å². The van der Waals surface area contributed by atoms with Crippen LogP contribution < -0.4 is 10.6 Å². The molecule has 0 aromatic heterocycles. The molecular weight excluding hydrogens is 280 g/mol. The standard InChI is InChI=1S/C17H16N2O3/c20-16-15(10-13-8-4-5-9-14(13)18-16)19-17(21)22-11-12-6-2-1-3-7-12/h1-9,15H,10-11H2,(H,18,20)(H,19,21)/t15-/m0/s1. The van der Waals surface area contributed by atoms with Gasteiger partial charge in [0.1, 0.15) is 12.6 Å². The SMILES string of the molecule is O=C(N[C@H]1Cc2ccccc2NC1=O)OCc1ccccc1. The summed E-state index contributed by atoms with van der Waals surface area (Å²) in [5.41, 5.74) is 2.69. The van der Waals surface area contributed by atoms with Crippen molar-refractivity contribution in [2.45, 2.75) is 19.1 Å². The summed E-state index contributed by atoms with van der Waals surface area (Å²) in [5, 5.41) is 5.39. The zero-order valence-electron chi connectivity index (χ0n) is 11.9. The summed E-state index contributed by atoms with van der Waals surface area (Å²) in [4.78, 5) is 23.8. The molecule has 5 heteroatoms. The van der Waals surface area contributed by atoms with E-state index in [1.807, 2.05) is 54.6 Å². The molecule has 1 aliphatic rings. The molecule has 1 heterocycles. The number of carbonyl (C=O) groups is 2. The number of alkyl carbamates (subject to hydrolysis) is 1. The lowest BCUT2D eigenvalue weighted by molar-refractivity contribution is -0.118. The van der Waals surface area contributed by atoms with E-state index in [9.17, 15) is 9.59 Å². The highest BCUT2D eigenvalue weighted by Crippen LogP contribution is 2.21. The minimum atomic E-state index is -0.613.